The van der Waals surface area contributed by atoms with E-state index in [0.29, 0.717) is 30.7 Å². The molecule has 0 fully saturated rings. The molecule has 1 aromatic heterocycles. The number of aromatic nitrogens is 2. The third-order valence-electron chi connectivity index (χ3n) is 3.90. The van der Waals surface area contributed by atoms with Gasteiger partial charge in [-0.25, -0.2) is 8.78 Å². The fraction of sp³-hybridized carbons (Fsp3) is 0.158. The fourth-order valence-electron chi connectivity index (χ4n) is 2.55. The van der Waals surface area contributed by atoms with E-state index in [1.165, 1.54) is 24.3 Å². The zero-order valence-electron chi connectivity index (χ0n) is 13.3. The number of Topliss-reactive ketones (excluding diaryl/α,β-unsaturated/α-hetero) is 1. The number of nitrogens with zero attached hydrogens (tertiary/aromatic N) is 1. The van der Waals surface area contributed by atoms with Gasteiger partial charge < -0.3 is 5.11 Å². The molecule has 0 saturated carbocycles. The molecule has 2 aromatic carbocycles. The number of hydrogen-bond acceptors (Lipinski definition) is 3. The first-order valence-corrected chi connectivity index (χ1v) is 7.85. The highest BCUT2D eigenvalue weighted by molar-refractivity contribution is 5.95. The van der Waals surface area contributed by atoms with Gasteiger partial charge in [-0.3, -0.25) is 9.89 Å². The number of ketones is 1. The van der Waals surface area contributed by atoms with Crippen molar-refractivity contribution >= 4 is 5.78 Å². The molecular formula is C19H16F2N2O2. The van der Waals surface area contributed by atoms with Gasteiger partial charge >= 0.3 is 0 Å². The molecule has 0 radical (unpaired) electrons. The molecule has 128 valence electrons. The summed E-state index contributed by atoms with van der Waals surface area (Å²) >= 11 is 0. The topological polar surface area (TPSA) is 66.0 Å². The molecule has 0 spiro atoms. The lowest BCUT2D eigenvalue weighted by atomic mass is 10.0. The van der Waals surface area contributed by atoms with E-state index in [4.69, 9.17) is 0 Å². The molecular weight excluding hydrogens is 326 g/mol. The predicted molar refractivity (Wildman–Crippen MR) is 89.3 cm³/mol. The van der Waals surface area contributed by atoms with Gasteiger partial charge in [0.25, 0.3) is 0 Å². The molecule has 0 aliphatic heterocycles. The first-order valence-electron chi connectivity index (χ1n) is 7.85. The van der Waals surface area contributed by atoms with E-state index in [0.717, 1.165) is 17.7 Å². The Labute approximate surface area is 143 Å². The molecule has 0 aliphatic carbocycles. The summed E-state index contributed by atoms with van der Waals surface area (Å²) in [5, 5.41) is 16.4. The number of aromatic hydroxyl groups is 1. The quantitative estimate of drug-likeness (QED) is 0.658. The van der Waals surface area contributed by atoms with E-state index in [1.54, 1.807) is 12.1 Å². The Hall–Kier alpha value is -3.02. The second kappa shape index (κ2) is 7.25. The van der Waals surface area contributed by atoms with Gasteiger partial charge in [0.15, 0.2) is 5.78 Å². The van der Waals surface area contributed by atoms with Crippen LogP contribution in [-0.4, -0.2) is 21.1 Å². The third-order valence-corrected chi connectivity index (χ3v) is 3.90. The van der Waals surface area contributed by atoms with Crippen LogP contribution in [0.15, 0.2) is 48.5 Å². The van der Waals surface area contributed by atoms with Crippen LogP contribution in [0.5, 0.6) is 5.75 Å². The Kier molecular flexibility index (Phi) is 4.88. The van der Waals surface area contributed by atoms with Crippen LogP contribution < -0.4 is 0 Å². The van der Waals surface area contributed by atoms with Crippen molar-refractivity contribution < 1.29 is 18.7 Å². The average molecular weight is 342 g/mol. The van der Waals surface area contributed by atoms with E-state index in [2.05, 4.69) is 10.2 Å². The smallest absolute Gasteiger partial charge is 0.180 e. The maximum atomic E-state index is 13.3. The number of hydrogen-bond donors (Lipinski definition) is 2. The Morgan fingerprint density at radius 3 is 2.52 bits per heavy atom. The van der Waals surface area contributed by atoms with E-state index in [1.807, 2.05) is 0 Å². The summed E-state index contributed by atoms with van der Waals surface area (Å²) in [6.07, 6.45) is 1.58. The Balaban J connectivity index is 1.62. The van der Waals surface area contributed by atoms with E-state index in [9.17, 15) is 18.7 Å². The van der Waals surface area contributed by atoms with E-state index < -0.39 is 5.82 Å². The number of H-pyrrole nitrogens is 1. The highest BCUT2D eigenvalue weighted by atomic mass is 19.1. The molecule has 0 bridgehead atoms. The molecule has 0 aliphatic rings. The van der Waals surface area contributed by atoms with Crippen LogP contribution in [0, 0.1) is 11.6 Å². The summed E-state index contributed by atoms with van der Waals surface area (Å²) in [5.41, 5.74) is 1.79. The summed E-state index contributed by atoms with van der Waals surface area (Å²) in [6, 6.07) is 11.2. The normalized spacial score (nSPS) is 10.8. The maximum absolute atomic E-state index is 13.3. The van der Waals surface area contributed by atoms with Gasteiger partial charge in [-0.15, -0.1) is 0 Å². The second-order valence-corrected chi connectivity index (χ2v) is 5.73. The molecule has 3 aromatic rings. The SMILES string of the molecule is O=C(CCCc1ccc(F)cc1)c1cc(-c2cc(F)ccc2O)n[nH]1. The minimum atomic E-state index is -0.497. The van der Waals surface area contributed by atoms with Crippen molar-refractivity contribution in [3.05, 3.63) is 71.4 Å². The monoisotopic (exact) mass is 342 g/mol. The van der Waals surface area contributed by atoms with Crippen molar-refractivity contribution in [2.45, 2.75) is 19.3 Å². The molecule has 3 rings (SSSR count). The lowest BCUT2D eigenvalue weighted by Gasteiger charge is -2.01. The average Bonchev–Trinajstić information content (AvgIpc) is 3.09. The number of phenols is 1. The number of rotatable bonds is 6. The highest BCUT2D eigenvalue weighted by Crippen LogP contribution is 2.28. The van der Waals surface area contributed by atoms with Gasteiger partial charge in [-0.1, -0.05) is 12.1 Å². The minimum absolute atomic E-state index is 0.108. The first-order chi connectivity index (χ1) is 12.0. The number of nitrogens with one attached hydrogen (secondary N) is 1. The molecule has 0 saturated heterocycles. The molecule has 25 heavy (non-hydrogen) atoms. The lowest BCUT2D eigenvalue weighted by Crippen LogP contribution is -2.00. The van der Waals surface area contributed by atoms with Crippen LogP contribution in [-0.2, 0) is 6.42 Å². The van der Waals surface area contributed by atoms with Gasteiger partial charge in [0, 0.05) is 12.0 Å². The van der Waals surface area contributed by atoms with Crippen LogP contribution in [0.1, 0.15) is 28.9 Å². The molecule has 1 heterocycles. The van der Waals surface area contributed by atoms with Crippen molar-refractivity contribution in [1.29, 1.82) is 0 Å². The van der Waals surface area contributed by atoms with Gasteiger partial charge in [-0.2, -0.15) is 5.10 Å². The third kappa shape index (κ3) is 4.09. The summed E-state index contributed by atoms with van der Waals surface area (Å²) in [5.74, 6) is -1.02. The number of carbonyl (C=O) groups is 1. The van der Waals surface area contributed by atoms with E-state index in [-0.39, 0.29) is 22.9 Å². The molecule has 0 atom stereocenters. The maximum Gasteiger partial charge on any atom is 0.180 e. The number of carbonyl (C=O) groups excluding carboxylic acids is 1. The van der Waals surface area contributed by atoms with Crippen LogP contribution in [0.3, 0.4) is 0 Å². The molecule has 6 heteroatoms. The number of aryl methyl sites for hydroxylation is 1. The van der Waals surface area contributed by atoms with Gasteiger partial charge in [-0.05, 0) is 54.8 Å². The first kappa shape index (κ1) is 16.8. The van der Waals surface area contributed by atoms with Gasteiger partial charge in [0.1, 0.15) is 23.1 Å². The highest BCUT2D eigenvalue weighted by Gasteiger charge is 2.14. The summed E-state index contributed by atoms with van der Waals surface area (Å²) < 4.78 is 26.2. The fourth-order valence-corrected chi connectivity index (χ4v) is 2.55. The van der Waals surface area contributed by atoms with Crippen molar-refractivity contribution in [3.8, 4) is 17.0 Å². The number of benzene rings is 2. The van der Waals surface area contributed by atoms with Crippen LogP contribution in [0.25, 0.3) is 11.3 Å². The molecule has 4 nitrogen and oxygen atoms in total. The second-order valence-electron chi connectivity index (χ2n) is 5.73. The summed E-state index contributed by atoms with van der Waals surface area (Å²) in [6.45, 7) is 0. The van der Waals surface area contributed by atoms with Crippen molar-refractivity contribution in [2.75, 3.05) is 0 Å². The number of aromatic amines is 1. The lowest BCUT2D eigenvalue weighted by molar-refractivity contribution is 0.0975. The number of phenolic OH excluding ortho intramolecular Hbond substituents is 1. The Morgan fingerprint density at radius 1 is 1.04 bits per heavy atom. The standard InChI is InChI=1S/C19H16F2N2O2/c20-13-6-4-12(5-7-13)2-1-3-19(25)17-11-16(22-23-17)15-10-14(21)8-9-18(15)24/h4-11,24H,1-3H2,(H,22,23). The molecule has 0 amide bonds. The van der Waals surface area contributed by atoms with E-state index >= 15 is 0 Å². The Morgan fingerprint density at radius 2 is 1.76 bits per heavy atom. The van der Waals surface area contributed by atoms with Crippen LogP contribution in [0.2, 0.25) is 0 Å². The zero-order chi connectivity index (χ0) is 17.8. The minimum Gasteiger partial charge on any atom is -0.507 e. The van der Waals surface area contributed by atoms with Crippen LogP contribution >= 0.6 is 0 Å². The molecule has 2 N–H and O–H groups in total. The number of halogens is 2. The molecule has 0 unspecified atom stereocenters. The summed E-state index contributed by atoms with van der Waals surface area (Å²) in [4.78, 5) is 12.2. The van der Waals surface area contributed by atoms with Gasteiger partial charge in [0.05, 0.1) is 5.69 Å². The largest absolute Gasteiger partial charge is 0.507 e. The van der Waals surface area contributed by atoms with Crippen molar-refractivity contribution in [1.82, 2.24) is 10.2 Å². The van der Waals surface area contributed by atoms with Crippen molar-refractivity contribution in [3.63, 3.8) is 0 Å². The van der Waals surface area contributed by atoms with Gasteiger partial charge in [0.2, 0.25) is 0 Å². The predicted octanol–water partition coefficient (Wildman–Crippen LogP) is 4.27. The zero-order valence-corrected chi connectivity index (χ0v) is 13.3. The van der Waals surface area contributed by atoms with Crippen LogP contribution in [0.4, 0.5) is 8.78 Å². The summed E-state index contributed by atoms with van der Waals surface area (Å²) in [7, 11) is 0. The Bertz CT molecular complexity index is 889. The van der Waals surface area contributed by atoms with Crippen molar-refractivity contribution in [2.24, 2.45) is 0 Å².